The van der Waals surface area contributed by atoms with Crippen molar-refractivity contribution < 1.29 is 33.6 Å². The molecule has 0 spiro atoms. The number of carbonyl (C=O) groups excluding carboxylic acids is 2. The number of benzene rings is 1. The molecular weight excluding hydrogens is 352 g/mol. The second-order valence-corrected chi connectivity index (χ2v) is 6.58. The maximum absolute atomic E-state index is 13.4. The van der Waals surface area contributed by atoms with E-state index in [9.17, 15) is 9.59 Å². The topological polar surface area (TPSA) is 80.3 Å². The molecule has 7 heteroatoms. The maximum atomic E-state index is 13.4. The molecule has 1 saturated carbocycles. The van der Waals surface area contributed by atoms with Crippen molar-refractivity contribution in [2.45, 2.75) is 45.3 Å². The summed E-state index contributed by atoms with van der Waals surface area (Å²) in [5, 5.41) is 0. The van der Waals surface area contributed by atoms with Gasteiger partial charge in [0.15, 0.2) is 12.1 Å². The molecule has 1 fully saturated rings. The van der Waals surface area contributed by atoms with E-state index in [2.05, 4.69) is 0 Å². The van der Waals surface area contributed by atoms with Gasteiger partial charge in [0, 0.05) is 7.11 Å². The molecule has 2 atom stereocenters. The van der Waals surface area contributed by atoms with Crippen LogP contribution in [0, 0.1) is 11.8 Å². The van der Waals surface area contributed by atoms with E-state index in [1.165, 1.54) is 21.3 Å². The van der Waals surface area contributed by atoms with Crippen LogP contribution in [0.1, 0.15) is 49.4 Å². The van der Waals surface area contributed by atoms with Crippen molar-refractivity contribution in [3.8, 4) is 11.5 Å². The SMILES string of the molecule is COc1cccc(OC)c1C(=O)C(C(=O)OOC(C)OC)C1CCCCC1. The molecule has 7 nitrogen and oxygen atoms in total. The predicted octanol–water partition coefficient (Wildman–Crippen LogP) is 3.55. The monoisotopic (exact) mass is 380 g/mol. The van der Waals surface area contributed by atoms with Crippen LogP contribution in [0.4, 0.5) is 0 Å². The summed E-state index contributed by atoms with van der Waals surface area (Å²) in [6.45, 7) is 1.59. The molecule has 0 N–H and O–H groups in total. The van der Waals surface area contributed by atoms with Gasteiger partial charge in [-0.2, -0.15) is 4.89 Å². The summed E-state index contributed by atoms with van der Waals surface area (Å²) in [4.78, 5) is 36.1. The van der Waals surface area contributed by atoms with Gasteiger partial charge >= 0.3 is 5.97 Å². The molecule has 1 aromatic rings. The Hall–Kier alpha value is -2.12. The third kappa shape index (κ3) is 5.20. The van der Waals surface area contributed by atoms with Crippen molar-refractivity contribution in [2.75, 3.05) is 21.3 Å². The first-order valence-electron chi connectivity index (χ1n) is 9.18. The number of carbonyl (C=O) groups is 2. The Morgan fingerprint density at radius 1 is 1.00 bits per heavy atom. The van der Waals surface area contributed by atoms with Gasteiger partial charge in [0.2, 0.25) is 0 Å². The summed E-state index contributed by atoms with van der Waals surface area (Å²) in [5.41, 5.74) is 0.245. The third-order valence-electron chi connectivity index (χ3n) is 4.93. The summed E-state index contributed by atoms with van der Waals surface area (Å²) in [6.07, 6.45) is 3.88. The van der Waals surface area contributed by atoms with Crippen molar-refractivity contribution in [1.29, 1.82) is 0 Å². The second-order valence-electron chi connectivity index (χ2n) is 6.58. The molecule has 0 aliphatic heterocycles. The quantitative estimate of drug-likeness (QED) is 0.213. The minimum atomic E-state index is -0.987. The van der Waals surface area contributed by atoms with Crippen LogP contribution < -0.4 is 9.47 Å². The van der Waals surface area contributed by atoms with Gasteiger partial charge in [-0.15, -0.1) is 0 Å². The van der Waals surface area contributed by atoms with Crippen molar-refractivity contribution in [1.82, 2.24) is 0 Å². The molecule has 27 heavy (non-hydrogen) atoms. The number of ether oxygens (including phenoxy) is 3. The predicted molar refractivity (Wildman–Crippen MR) is 97.6 cm³/mol. The Labute approximate surface area is 159 Å². The molecule has 150 valence electrons. The van der Waals surface area contributed by atoms with Crippen LogP contribution in [0.25, 0.3) is 0 Å². The molecule has 2 rings (SSSR count). The normalized spacial score (nSPS) is 17.0. The summed E-state index contributed by atoms with van der Waals surface area (Å²) >= 11 is 0. The van der Waals surface area contributed by atoms with E-state index >= 15 is 0 Å². The summed E-state index contributed by atoms with van der Waals surface area (Å²) in [6, 6.07) is 5.07. The van der Waals surface area contributed by atoms with Gasteiger partial charge in [0.25, 0.3) is 0 Å². The average molecular weight is 380 g/mol. The lowest BCUT2D eigenvalue weighted by Gasteiger charge is -2.28. The van der Waals surface area contributed by atoms with E-state index in [1.807, 2.05) is 0 Å². The van der Waals surface area contributed by atoms with Gasteiger partial charge in [-0.1, -0.05) is 25.3 Å². The number of Topliss-reactive ketones (excluding diaryl/α,β-unsaturated/α-hetero) is 1. The van der Waals surface area contributed by atoms with Gasteiger partial charge in [-0.3, -0.25) is 9.68 Å². The number of methoxy groups -OCH3 is 3. The number of ketones is 1. The number of rotatable bonds is 9. The van der Waals surface area contributed by atoms with Gasteiger partial charge in [0.1, 0.15) is 23.0 Å². The Morgan fingerprint density at radius 3 is 2.11 bits per heavy atom. The zero-order valence-electron chi connectivity index (χ0n) is 16.4. The standard InChI is InChI=1S/C20H28O7/c1-13(23-2)26-27-20(22)17(14-9-6-5-7-10-14)19(21)18-15(24-3)11-8-12-16(18)25-4/h8,11-14,17H,5-7,9-10H2,1-4H3. The Kier molecular flexibility index (Phi) is 8.06. The van der Waals surface area contributed by atoms with Crippen LogP contribution in [0.3, 0.4) is 0 Å². The molecule has 0 heterocycles. The van der Waals surface area contributed by atoms with Crippen molar-refractivity contribution >= 4 is 11.8 Å². The minimum absolute atomic E-state index is 0.116. The smallest absolute Gasteiger partial charge is 0.353 e. The highest BCUT2D eigenvalue weighted by Gasteiger charge is 2.40. The first kappa shape index (κ1) is 21.2. The Morgan fingerprint density at radius 2 is 1.59 bits per heavy atom. The first-order valence-corrected chi connectivity index (χ1v) is 9.18. The molecule has 1 aliphatic rings. The van der Waals surface area contributed by atoms with E-state index in [0.717, 1.165) is 32.1 Å². The number of hydrogen-bond donors (Lipinski definition) is 0. The zero-order valence-corrected chi connectivity index (χ0v) is 16.4. The molecule has 0 bridgehead atoms. The van der Waals surface area contributed by atoms with Gasteiger partial charge in [-0.25, -0.2) is 4.79 Å². The van der Waals surface area contributed by atoms with Crippen LogP contribution in [-0.4, -0.2) is 39.4 Å². The highest BCUT2D eigenvalue weighted by molar-refractivity contribution is 6.11. The van der Waals surface area contributed by atoms with Gasteiger partial charge < -0.3 is 14.2 Å². The number of hydrogen-bond acceptors (Lipinski definition) is 7. The van der Waals surface area contributed by atoms with Crippen LogP contribution >= 0.6 is 0 Å². The minimum Gasteiger partial charge on any atom is -0.496 e. The molecule has 0 saturated heterocycles. The molecule has 1 aromatic carbocycles. The van der Waals surface area contributed by atoms with Crippen molar-refractivity contribution in [3.63, 3.8) is 0 Å². The summed E-state index contributed by atoms with van der Waals surface area (Å²) in [5.74, 6) is -1.48. The molecule has 2 unspecified atom stereocenters. The van der Waals surface area contributed by atoms with Crippen LogP contribution in [0.2, 0.25) is 0 Å². The fourth-order valence-electron chi connectivity index (χ4n) is 3.44. The molecule has 0 amide bonds. The second kappa shape index (κ2) is 10.3. The maximum Gasteiger partial charge on any atom is 0.353 e. The highest BCUT2D eigenvalue weighted by atomic mass is 17.2. The van der Waals surface area contributed by atoms with Gasteiger partial charge in [-0.05, 0) is 37.8 Å². The lowest BCUT2D eigenvalue weighted by atomic mass is 9.76. The molecule has 1 aliphatic carbocycles. The zero-order chi connectivity index (χ0) is 19.8. The van der Waals surface area contributed by atoms with Crippen LogP contribution in [-0.2, 0) is 19.3 Å². The fourth-order valence-corrected chi connectivity index (χ4v) is 3.44. The first-order chi connectivity index (χ1) is 13.0. The van der Waals surface area contributed by atoms with Gasteiger partial charge in [0.05, 0.1) is 14.2 Å². The highest BCUT2D eigenvalue weighted by Crippen LogP contribution is 2.37. The largest absolute Gasteiger partial charge is 0.496 e. The van der Waals surface area contributed by atoms with Crippen molar-refractivity contribution in [2.24, 2.45) is 11.8 Å². The van der Waals surface area contributed by atoms with E-state index in [0.29, 0.717) is 11.5 Å². The van der Waals surface area contributed by atoms with Crippen LogP contribution in [0.15, 0.2) is 18.2 Å². The van der Waals surface area contributed by atoms with Crippen LogP contribution in [0.5, 0.6) is 11.5 Å². The lowest BCUT2D eigenvalue weighted by Crippen LogP contribution is -2.35. The third-order valence-corrected chi connectivity index (χ3v) is 4.93. The molecular formula is C20H28O7. The van der Waals surface area contributed by atoms with E-state index < -0.39 is 18.2 Å². The summed E-state index contributed by atoms with van der Waals surface area (Å²) < 4.78 is 15.6. The summed E-state index contributed by atoms with van der Waals surface area (Å²) in [7, 11) is 4.38. The lowest BCUT2D eigenvalue weighted by molar-refractivity contribution is -0.344. The van der Waals surface area contributed by atoms with E-state index in [1.54, 1.807) is 25.1 Å². The molecule has 0 aromatic heterocycles. The molecule has 0 radical (unpaired) electrons. The Bertz CT molecular complexity index is 615. The fraction of sp³-hybridized carbons (Fsp3) is 0.600. The average Bonchev–Trinajstić information content (AvgIpc) is 2.71. The van der Waals surface area contributed by atoms with Crippen molar-refractivity contribution in [3.05, 3.63) is 23.8 Å². The Balaban J connectivity index is 2.35. The van der Waals surface area contributed by atoms with E-state index in [4.69, 9.17) is 24.0 Å². The van der Waals surface area contributed by atoms with E-state index in [-0.39, 0.29) is 17.3 Å².